The molecule has 0 N–H and O–H groups in total. The Morgan fingerprint density at radius 3 is 2.42 bits per heavy atom. The molecule has 1 amide bonds. The lowest BCUT2D eigenvalue weighted by Gasteiger charge is -2.27. The topological polar surface area (TPSA) is 20.3 Å². The molecule has 0 radical (unpaired) electrons. The maximum atomic E-state index is 12.1. The normalized spacial score (nSPS) is 21.2. The molecule has 19 heavy (non-hydrogen) atoms. The third-order valence-electron chi connectivity index (χ3n) is 3.70. The molecule has 0 unspecified atom stereocenters. The Kier molecular flexibility index (Phi) is 5.53. The maximum absolute atomic E-state index is 12.1. The van der Waals surface area contributed by atoms with Crippen molar-refractivity contribution in [2.45, 2.75) is 43.4 Å². The van der Waals surface area contributed by atoms with Crippen LogP contribution in [0.4, 0.5) is 0 Å². The number of amides is 1. The Morgan fingerprint density at radius 2 is 1.79 bits per heavy atom. The predicted octanol–water partition coefficient (Wildman–Crippen LogP) is 4.56. The Bertz CT molecular complexity index is 404. The molecule has 104 valence electrons. The zero-order valence-corrected chi connectivity index (χ0v) is 12.4. The predicted molar refractivity (Wildman–Crippen MR) is 79.9 cm³/mol. The summed E-state index contributed by atoms with van der Waals surface area (Å²) in [5.41, 5.74) is 1.03. The second-order valence-electron chi connectivity index (χ2n) is 5.02. The summed E-state index contributed by atoms with van der Waals surface area (Å²) in [6.45, 7) is 0. The number of alkyl halides is 2. The highest BCUT2D eigenvalue weighted by Gasteiger charge is 2.27. The van der Waals surface area contributed by atoms with E-state index in [-0.39, 0.29) is 5.91 Å². The van der Waals surface area contributed by atoms with E-state index in [1.807, 2.05) is 24.3 Å². The Balaban J connectivity index is 2.22. The summed E-state index contributed by atoms with van der Waals surface area (Å²) in [6.07, 6.45) is 16.8. The minimum absolute atomic E-state index is 0.265. The van der Waals surface area contributed by atoms with Crippen LogP contribution < -0.4 is 0 Å². The van der Waals surface area contributed by atoms with Gasteiger partial charge in [0.15, 0.2) is 4.84 Å². The molecule has 1 heterocycles. The minimum Gasteiger partial charge on any atom is -0.289 e. The first-order chi connectivity index (χ1) is 9.20. The Hall–Kier alpha value is -0.730. The van der Waals surface area contributed by atoms with E-state index in [0.717, 1.165) is 18.5 Å². The van der Waals surface area contributed by atoms with Gasteiger partial charge in [0.25, 0.3) is 5.91 Å². The Labute approximate surface area is 124 Å². The molecule has 2 nitrogen and oxygen atoms in total. The third-order valence-corrected chi connectivity index (χ3v) is 4.07. The van der Waals surface area contributed by atoms with E-state index in [4.69, 9.17) is 23.2 Å². The second kappa shape index (κ2) is 7.16. The van der Waals surface area contributed by atoms with Crippen LogP contribution in [0, 0.1) is 5.92 Å². The SMILES string of the molecule is O=C(C(Cl)Cl)N1C=CC=CC=C1C1CCCCCC1. The number of allylic oxidation sites excluding steroid dienone is 5. The molecule has 4 heteroatoms. The number of carbonyl (C=O) groups is 1. The van der Waals surface area contributed by atoms with Gasteiger partial charge in [-0.2, -0.15) is 0 Å². The fraction of sp³-hybridized carbons (Fsp3) is 0.533. The van der Waals surface area contributed by atoms with Crippen LogP contribution in [-0.4, -0.2) is 15.6 Å². The van der Waals surface area contributed by atoms with E-state index in [9.17, 15) is 4.79 Å². The van der Waals surface area contributed by atoms with Crippen LogP contribution in [0.2, 0.25) is 0 Å². The summed E-state index contributed by atoms with van der Waals surface area (Å²) in [6, 6.07) is 0. The molecule has 1 saturated carbocycles. The molecular formula is C15H19Cl2NO. The van der Waals surface area contributed by atoms with Crippen LogP contribution in [0.15, 0.2) is 36.2 Å². The van der Waals surface area contributed by atoms with Gasteiger partial charge in [0.05, 0.1) is 0 Å². The van der Waals surface area contributed by atoms with Crippen molar-refractivity contribution in [1.29, 1.82) is 0 Å². The van der Waals surface area contributed by atoms with Gasteiger partial charge < -0.3 is 0 Å². The summed E-state index contributed by atoms with van der Waals surface area (Å²) in [5.74, 6) is 0.157. The average molecular weight is 300 g/mol. The van der Waals surface area contributed by atoms with Gasteiger partial charge in [-0.1, -0.05) is 61.0 Å². The van der Waals surface area contributed by atoms with Crippen molar-refractivity contribution in [3.8, 4) is 0 Å². The van der Waals surface area contributed by atoms with E-state index in [0.29, 0.717) is 5.92 Å². The van der Waals surface area contributed by atoms with Gasteiger partial charge in [0.2, 0.25) is 0 Å². The molecule has 0 atom stereocenters. The lowest BCUT2D eigenvalue weighted by atomic mass is 9.95. The van der Waals surface area contributed by atoms with E-state index in [1.165, 1.54) is 25.7 Å². The van der Waals surface area contributed by atoms with Crippen molar-refractivity contribution >= 4 is 29.1 Å². The number of hydrogen-bond acceptors (Lipinski definition) is 1. The zero-order valence-electron chi connectivity index (χ0n) is 10.9. The molecule has 0 aromatic carbocycles. The first-order valence-electron chi connectivity index (χ1n) is 6.86. The molecule has 2 rings (SSSR count). The van der Waals surface area contributed by atoms with Gasteiger partial charge in [-0.3, -0.25) is 9.69 Å². The molecule has 1 aliphatic carbocycles. The van der Waals surface area contributed by atoms with Crippen molar-refractivity contribution in [2.24, 2.45) is 5.92 Å². The molecule has 1 fully saturated rings. The molecular weight excluding hydrogens is 281 g/mol. The fourth-order valence-electron chi connectivity index (χ4n) is 2.73. The third kappa shape index (κ3) is 3.87. The van der Waals surface area contributed by atoms with Gasteiger partial charge in [-0.25, -0.2) is 0 Å². The largest absolute Gasteiger partial charge is 0.289 e. The van der Waals surface area contributed by atoms with Crippen LogP contribution in [-0.2, 0) is 4.79 Å². The number of carbonyl (C=O) groups excluding carboxylic acids is 1. The lowest BCUT2D eigenvalue weighted by molar-refractivity contribution is -0.125. The van der Waals surface area contributed by atoms with Gasteiger partial charge in [-0.05, 0) is 30.9 Å². The molecule has 1 aliphatic heterocycles. The summed E-state index contributed by atoms with van der Waals surface area (Å²) in [7, 11) is 0. The number of nitrogens with zero attached hydrogens (tertiary/aromatic N) is 1. The summed E-state index contributed by atoms with van der Waals surface area (Å²) >= 11 is 11.5. The fourth-order valence-corrected chi connectivity index (χ4v) is 2.94. The van der Waals surface area contributed by atoms with Crippen molar-refractivity contribution in [2.75, 3.05) is 0 Å². The highest BCUT2D eigenvalue weighted by Crippen LogP contribution is 2.32. The van der Waals surface area contributed by atoms with Crippen molar-refractivity contribution in [3.05, 3.63) is 36.2 Å². The number of rotatable bonds is 2. The van der Waals surface area contributed by atoms with E-state index < -0.39 is 4.84 Å². The van der Waals surface area contributed by atoms with Crippen LogP contribution in [0.5, 0.6) is 0 Å². The number of halogens is 2. The van der Waals surface area contributed by atoms with Gasteiger partial charge in [0.1, 0.15) is 0 Å². The molecule has 0 bridgehead atoms. The summed E-state index contributed by atoms with van der Waals surface area (Å²) in [4.78, 5) is 12.7. The highest BCUT2D eigenvalue weighted by molar-refractivity contribution is 6.53. The van der Waals surface area contributed by atoms with Crippen LogP contribution in [0.1, 0.15) is 38.5 Å². The molecule has 0 aromatic rings. The van der Waals surface area contributed by atoms with Crippen molar-refractivity contribution < 1.29 is 4.79 Å². The Morgan fingerprint density at radius 1 is 1.11 bits per heavy atom. The van der Waals surface area contributed by atoms with Crippen molar-refractivity contribution in [1.82, 2.24) is 4.90 Å². The van der Waals surface area contributed by atoms with Crippen LogP contribution >= 0.6 is 23.2 Å². The van der Waals surface area contributed by atoms with Crippen LogP contribution in [0.3, 0.4) is 0 Å². The molecule has 2 aliphatic rings. The number of hydrogen-bond donors (Lipinski definition) is 0. The second-order valence-corrected chi connectivity index (χ2v) is 6.11. The quantitative estimate of drug-likeness (QED) is 0.541. The molecule has 0 spiro atoms. The maximum Gasteiger partial charge on any atom is 0.264 e. The van der Waals surface area contributed by atoms with Crippen molar-refractivity contribution in [3.63, 3.8) is 0 Å². The smallest absolute Gasteiger partial charge is 0.264 e. The van der Waals surface area contributed by atoms with E-state index in [1.54, 1.807) is 11.1 Å². The first kappa shape index (κ1) is 14.7. The first-order valence-corrected chi connectivity index (χ1v) is 7.73. The summed E-state index contributed by atoms with van der Waals surface area (Å²) < 4.78 is 0. The van der Waals surface area contributed by atoms with Crippen LogP contribution in [0.25, 0.3) is 0 Å². The standard InChI is InChI=1S/C15H19Cl2NO/c16-14(17)15(19)18-11-7-3-6-10-13(18)12-8-4-1-2-5-9-12/h3,6-7,10-12,14H,1-2,4-5,8-9H2. The zero-order chi connectivity index (χ0) is 13.7. The summed E-state index contributed by atoms with van der Waals surface area (Å²) in [5, 5.41) is 0. The highest BCUT2D eigenvalue weighted by atomic mass is 35.5. The average Bonchev–Trinajstić information content (AvgIpc) is 2.79. The monoisotopic (exact) mass is 299 g/mol. The van der Waals surface area contributed by atoms with Gasteiger partial charge in [-0.15, -0.1) is 0 Å². The van der Waals surface area contributed by atoms with Gasteiger partial charge in [0, 0.05) is 11.9 Å². The van der Waals surface area contributed by atoms with E-state index >= 15 is 0 Å². The van der Waals surface area contributed by atoms with E-state index in [2.05, 4.69) is 0 Å². The lowest BCUT2D eigenvalue weighted by Crippen LogP contribution is -2.32. The van der Waals surface area contributed by atoms with Gasteiger partial charge >= 0.3 is 0 Å². The molecule has 0 aromatic heterocycles. The minimum atomic E-state index is -1.02. The molecule has 0 saturated heterocycles.